The number of hydrazone groups is 1. The third-order valence-electron chi connectivity index (χ3n) is 4.46. The van der Waals surface area contributed by atoms with E-state index in [0.29, 0.717) is 11.7 Å². The van der Waals surface area contributed by atoms with E-state index in [-0.39, 0.29) is 22.9 Å². The molecule has 0 saturated heterocycles. The Bertz CT molecular complexity index is 1130. The van der Waals surface area contributed by atoms with E-state index < -0.39 is 0 Å². The molecule has 0 amide bonds. The van der Waals surface area contributed by atoms with E-state index in [4.69, 9.17) is 10.2 Å². The molecule has 0 unspecified atom stereocenters. The molecule has 8 heteroatoms. The summed E-state index contributed by atoms with van der Waals surface area (Å²) in [5.74, 6) is 1.06. The lowest BCUT2D eigenvalue weighted by atomic mass is 9.99. The van der Waals surface area contributed by atoms with E-state index in [1.807, 2.05) is 51.1 Å². The molecule has 0 radical (unpaired) electrons. The van der Waals surface area contributed by atoms with Crippen molar-refractivity contribution in [2.45, 2.75) is 32.7 Å². The number of anilines is 2. The number of hydrogen-bond acceptors (Lipinski definition) is 8. The Hall–Kier alpha value is -3.73. The molecular formula is C20H19N7O. The minimum atomic E-state index is -0.287. The van der Waals surface area contributed by atoms with Gasteiger partial charge in [0.2, 0.25) is 5.95 Å². The Morgan fingerprint density at radius 2 is 2.07 bits per heavy atom. The van der Waals surface area contributed by atoms with Crippen molar-refractivity contribution in [3.8, 4) is 6.07 Å². The van der Waals surface area contributed by atoms with Gasteiger partial charge < -0.3 is 10.2 Å². The summed E-state index contributed by atoms with van der Waals surface area (Å²) in [6.45, 7) is 6.04. The number of allylic oxidation sites excluding steroid dienone is 1. The van der Waals surface area contributed by atoms with Crippen LogP contribution in [-0.4, -0.2) is 26.2 Å². The van der Waals surface area contributed by atoms with Crippen LogP contribution in [0.25, 0.3) is 22.6 Å². The predicted molar refractivity (Wildman–Crippen MR) is 108 cm³/mol. The highest BCUT2D eigenvalue weighted by molar-refractivity contribution is 5.90. The number of furan rings is 1. The van der Waals surface area contributed by atoms with Gasteiger partial charge in [-0.3, -0.25) is 0 Å². The SMILES string of the molecule is CC1=NN(c2nc(N)nc(/C(C#N)=C/c3cc4ccccc4o3)n2)C(C)(C)C1. The molecule has 1 aliphatic rings. The van der Waals surface area contributed by atoms with Crippen LogP contribution in [0.4, 0.5) is 11.9 Å². The van der Waals surface area contributed by atoms with Crippen LogP contribution in [-0.2, 0) is 0 Å². The van der Waals surface area contributed by atoms with Crippen LogP contribution in [0.1, 0.15) is 38.8 Å². The van der Waals surface area contributed by atoms with Gasteiger partial charge in [-0.2, -0.15) is 25.3 Å². The first-order valence-corrected chi connectivity index (χ1v) is 8.82. The summed E-state index contributed by atoms with van der Waals surface area (Å²) in [6, 6.07) is 11.6. The van der Waals surface area contributed by atoms with Crippen molar-refractivity contribution in [2.75, 3.05) is 10.7 Å². The third kappa shape index (κ3) is 3.18. The summed E-state index contributed by atoms with van der Waals surface area (Å²) in [7, 11) is 0. The van der Waals surface area contributed by atoms with Gasteiger partial charge in [0, 0.05) is 23.6 Å². The summed E-state index contributed by atoms with van der Waals surface area (Å²) in [4.78, 5) is 12.8. The molecule has 1 aromatic carbocycles. The molecule has 8 nitrogen and oxygen atoms in total. The molecule has 0 bridgehead atoms. The number of nitriles is 1. The molecule has 0 saturated carbocycles. The second-order valence-electron chi connectivity index (χ2n) is 7.31. The van der Waals surface area contributed by atoms with E-state index in [2.05, 4.69) is 26.1 Å². The standard InChI is InChI=1S/C20H19N7O/c1-12-10-20(2,3)27(26-12)19-24-17(23-18(22)25-19)14(11-21)9-15-8-13-6-4-5-7-16(13)28-15/h4-9H,10H2,1-3H3,(H2,22,23,24,25)/b14-9+. The molecular weight excluding hydrogens is 354 g/mol. The third-order valence-corrected chi connectivity index (χ3v) is 4.46. The van der Waals surface area contributed by atoms with Crippen molar-refractivity contribution in [1.29, 1.82) is 5.26 Å². The molecule has 3 aromatic rings. The van der Waals surface area contributed by atoms with E-state index in [1.165, 1.54) is 0 Å². The van der Waals surface area contributed by atoms with Gasteiger partial charge in [0.1, 0.15) is 23.0 Å². The van der Waals surface area contributed by atoms with Gasteiger partial charge in [0.05, 0.1) is 5.54 Å². The quantitative estimate of drug-likeness (QED) is 0.697. The van der Waals surface area contributed by atoms with Gasteiger partial charge in [-0.05, 0) is 32.9 Å². The maximum absolute atomic E-state index is 9.67. The lowest BCUT2D eigenvalue weighted by Gasteiger charge is -2.28. The van der Waals surface area contributed by atoms with Crippen LogP contribution >= 0.6 is 0 Å². The van der Waals surface area contributed by atoms with Gasteiger partial charge in [0.25, 0.3) is 5.95 Å². The van der Waals surface area contributed by atoms with Crippen molar-refractivity contribution < 1.29 is 4.42 Å². The zero-order valence-electron chi connectivity index (χ0n) is 15.8. The summed E-state index contributed by atoms with van der Waals surface area (Å²) in [5, 5.41) is 16.8. The molecule has 2 aromatic heterocycles. The van der Waals surface area contributed by atoms with E-state index in [9.17, 15) is 5.26 Å². The summed E-state index contributed by atoms with van der Waals surface area (Å²) in [6.07, 6.45) is 2.38. The predicted octanol–water partition coefficient (Wildman–Crippen LogP) is 3.63. The number of rotatable bonds is 3. The molecule has 1 aliphatic heterocycles. The second kappa shape index (κ2) is 6.46. The molecule has 0 fully saturated rings. The fourth-order valence-electron chi connectivity index (χ4n) is 3.32. The largest absolute Gasteiger partial charge is 0.457 e. The van der Waals surface area contributed by atoms with Gasteiger partial charge in [0.15, 0.2) is 5.82 Å². The number of hydrogen-bond donors (Lipinski definition) is 1. The molecule has 2 N–H and O–H groups in total. The zero-order chi connectivity index (χ0) is 19.9. The Balaban J connectivity index is 1.77. The number of fused-ring (bicyclic) bond motifs is 1. The molecule has 28 heavy (non-hydrogen) atoms. The lowest BCUT2D eigenvalue weighted by Crippen LogP contribution is -2.37. The molecule has 140 valence electrons. The maximum atomic E-state index is 9.67. The van der Waals surface area contributed by atoms with Crippen molar-refractivity contribution in [2.24, 2.45) is 5.10 Å². The molecule has 4 rings (SSSR count). The van der Waals surface area contributed by atoms with Crippen LogP contribution in [0, 0.1) is 11.3 Å². The van der Waals surface area contributed by atoms with Crippen LogP contribution < -0.4 is 10.7 Å². The summed E-state index contributed by atoms with van der Waals surface area (Å²) >= 11 is 0. The number of nitrogens with zero attached hydrogens (tertiary/aromatic N) is 6. The highest BCUT2D eigenvalue weighted by atomic mass is 16.3. The van der Waals surface area contributed by atoms with Crippen LogP contribution in [0.3, 0.4) is 0 Å². The number of benzene rings is 1. The van der Waals surface area contributed by atoms with Crippen molar-refractivity contribution >= 4 is 40.2 Å². The lowest BCUT2D eigenvalue weighted by molar-refractivity contribution is 0.505. The maximum Gasteiger partial charge on any atom is 0.252 e. The number of para-hydroxylation sites is 1. The Kier molecular flexibility index (Phi) is 4.08. The normalized spacial score (nSPS) is 16.3. The summed E-state index contributed by atoms with van der Waals surface area (Å²) in [5.41, 5.74) is 7.56. The van der Waals surface area contributed by atoms with E-state index in [1.54, 1.807) is 11.1 Å². The van der Waals surface area contributed by atoms with Crippen LogP contribution in [0.5, 0.6) is 0 Å². The Morgan fingerprint density at radius 3 is 2.75 bits per heavy atom. The van der Waals surface area contributed by atoms with Crippen molar-refractivity contribution in [3.63, 3.8) is 0 Å². The van der Waals surface area contributed by atoms with Gasteiger partial charge in [-0.25, -0.2) is 5.01 Å². The fraction of sp³-hybridized carbons (Fsp3) is 0.250. The van der Waals surface area contributed by atoms with Crippen LogP contribution in [0.15, 0.2) is 39.9 Å². The molecule has 0 aliphatic carbocycles. The fourth-order valence-corrected chi connectivity index (χ4v) is 3.32. The zero-order valence-corrected chi connectivity index (χ0v) is 15.8. The minimum Gasteiger partial charge on any atom is -0.457 e. The van der Waals surface area contributed by atoms with Crippen molar-refractivity contribution in [3.05, 3.63) is 41.9 Å². The number of aromatic nitrogens is 3. The Labute approximate surface area is 162 Å². The number of nitrogen functional groups attached to an aromatic ring is 1. The van der Waals surface area contributed by atoms with Crippen LogP contribution in [0.2, 0.25) is 0 Å². The average molecular weight is 373 g/mol. The smallest absolute Gasteiger partial charge is 0.252 e. The highest BCUT2D eigenvalue weighted by Crippen LogP contribution is 2.31. The second-order valence-corrected chi connectivity index (χ2v) is 7.31. The molecule has 3 heterocycles. The van der Waals surface area contributed by atoms with Crippen molar-refractivity contribution in [1.82, 2.24) is 15.0 Å². The van der Waals surface area contributed by atoms with Gasteiger partial charge in [-0.15, -0.1) is 0 Å². The van der Waals surface area contributed by atoms with Gasteiger partial charge in [-0.1, -0.05) is 18.2 Å². The monoisotopic (exact) mass is 373 g/mol. The first-order chi connectivity index (χ1) is 13.4. The molecule has 0 spiro atoms. The summed E-state index contributed by atoms with van der Waals surface area (Å²) < 4.78 is 5.77. The average Bonchev–Trinajstić information content (AvgIpc) is 3.17. The molecule has 0 atom stereocenters. The Morgan fingerprint density at radius 1 is 1.29 bits per heavy atom. The number of nitrogens with two attached hydrogens (primary N) is 1. The minimum absolute atomic E-state index is 0.0290. The first kappa shape index (κ1) is 17.7. The van der Waals surface area contributed by atoms with Gasteiger partial charge >= 0.3 is 0 Å². The first-order valence-electron chi connectivity index (χ1n) is 8.82. The van der Waals surface area contributed by atoms with E-state index >= 15 is 0 Å². The topological polar surface area (TPSA) is 117 Å². The van der Waals surface area contributed by atoms with E-state index in [0.717, 1.165) is 23.1 Å². The highest BCUT2D eigenvalue weighted by Gasteiger charge is 2.35.